The Labute approximate surface area is 157 Å². The highest BCUT2D eigenvalue weighted by Crippen LogP contribution is 2.50. The van der Waals surface area contributed by atoms with Crippen LogP contribution in [0, 0.1) is 36.0 Å². The number of aliphatic hydroxyl groups is 1. The van der Waals surface area contributed by atoms with Crippen LogP contribution in [0.15, 0.2) is 11.6 Å². The molecule has 1 saturated carbocycles. The van der Waals surface area contributed by atoms with Crippen molar-refractivity contribution in [3.63, 3.8) is 0 Å². The monoisotopic (exact) mass is 364 g/mol. The highest BCUT2D eigenvalue weighted by atomic mass is 16.5. The summed E-state index contributed by atoms with van der Waals surface area (Å²) in [7, 11) is 0. The molecule has 146 valence electrons. The van der Waals surface area contributed by atoms with Crippen LogP contribution in [0.5, 0.6) is 0 Å². The third kappa shape index (κ3) is 4.30. The van der Waals surface area contributed by atoms with E-state index in [0.717, 1.165) is 18.4 Å². The normalized spacial score (nSPS) is 35.3. The number of carbonyl (C=O) groups is 2. The fourth-order valence-corrected chi connectivity index (χ4v) is 4.11. The molecule has 2 rings (SSSR count). The molecular formula is C21H32O5. The predicted octanol–water partition coefficient (Wildman–Crippen LogP) is 3.19. The summed E-state index contributed by atoms with van der Waals surface area (Å²) in [4.78, 5) is 23.1. The number of fused-ring (bicyclic) bond motifs is 1. The first-order valence-corrected chi connectivity index (χ1v) is 9.58. The van der Waals surface area contributed by atoms with Gasteiger partial charge in [-0.15, -0.1) is 0 Å². The van der Waals surface area contributed by atoms with Gasteiger partial charge < -0.3 is 14.6 Å². The van der Waals surface area contributed by atoms with Gasteiger partial charge in [-0.2, -0.15) is 0 Å². The van der Waals surface area contributed by atoms with Crippen LogP contribution >= 0.6 is 0 Å². The zero-order valence-corrected chi connectivity index (χ0v) is 16.7. The number of ether oxygens (including phenoxy) is 2. The van der Waals surface area contributed by atoms with Crippen LogP contribution < -0.4 is 0 Å². The first-order valence-electron chi connectivity index (χ1n) is 9.58. The molecule has 1 fully saturated rings. The van der Waals surface area contributed by atoms with Crippen molar-refractivity contribution in [2.45, 2.75) is 66.1 Å². The Bertz CT molecular complexity index is 567. The Morgan fingerprint density at radius 1 is 1.35 bits per heavy atom. The van der Waals surface area contributed by atoms with E-state index in [1.807, 2.05) is 33.8 Å². The third-order valence-electron chi connectivity index (χ3n) is 5.85. The molecule has 5 nitrogen and oxygen atoms in total. The van der Waals surface area contributed by atoms with E-state index in [2.05, 4.69) is 13.3 Å². The summed E-state index contributed by atoms with van der Waals surface area (Å²) in [5.74, 6) is -0.517. The van der Waals surface area contributed by atoms with Gasteiger partial charge in [-0.05, 0) is 43.1 Å². The molecule has 5 heteroatoms. The van der Waals surface area contributed by atoms with Crippen LogP contribution in [0.1, 0.15) is 54.4 Å². The van der Waals surface area contributed by atoms with E-state index in [1.165, 1.54) is 6.92 Å². The largest absolute Gasteiger partial charge is 0.465 e. The molecule has 6 atom stereocenters. The molecule has 2 aliphatic carbocycles. The first-order chi connectivity index (χ1) is 12.1. The molecule has 0 amide bonds. The van der Waals surface area contributed by atoms with E-state index in [-0.39, 0.29) is 41.5 Å². The lowest BCUT2D eigenvalue weighted by Crippen LogP contribution is -2.56. The molecule has 1 N–H and O–H groups in total. The Kier molecular flexibility index (Phi) is 6.54. The Morgan fingerprint density at radius 3 is 2.58 bits per heavy atom. The third-order valence-corrected chi connectivity index (χ3v) is 5.85. The van der Waals surface area contributed by atoms with Crippen molar-refractivity contribution < 1.29 is 24.2 Å². The number of carbonyl (C=O) groups excluding carboxylic acids is 2. The summed E-state index contributed by atoms with van der Waals surface area (Å²) in [6.45, 7) is 11.3. The zero-order valence-electron chi connectivity index (χ0n) is 16.7. The second-order valence-corrected chi connectivity index (χ2v) is 8.30. The van der Waals surface area contributed by atoms with Crippen molar-refractivity contribution in [3.8, 4) is 0 Å². The molecule has 0 unspecified atom stereocenters. The van der Waals surface area contributed by atoms with E-state index in [9.17, 15) is 14.7 Å². The SMILES string of the molecule is CC(=O)O[C@@H]1[C][C@@]2(O)[C@H](C)CC[C@H]([C@H](C)COC(=O)C(C)C)[C@H]2C=C1C. The number of esters is 2. The van der Waals surface area contributed by atoms with Crippen LogP contribution in [0.2, 0.25) is 0 Å². The van der Waals surface area contributed by atoms with Gasteiger partial charge in [0.25, 0.3) is 0 Å². The Morgan fingerprint density at radius 2 is 2.00 bits per heavy atom. The summed E-state index contributed by atoms with van der Waals surface area (Å²) >= 11 is 0. The minimum atomic E-state index is -1.14. The lowest BCUT2D eigenvalue weighted by Gasteiger charge is -2.52. The Hall–Kier alpha value is -1.36. The van der Waals surface area contributed by atoms with Crippen molar-refractivity contribution in [1.29, 1.82) is 0 Å². The highest BCUT2D eigenvalue weighted by molar-refractivity contribution is 5.71. The van der Waals surface area contributed by atoms with Gasteiger partial charge in [-0.25, -0.2) is 0 Å². The van der Waals surface area contributed by atoms with Crippen molar-refractivity contribution >= 4 is 11.9 Å². The molecule has 0 bridgehead atoms. The number of hydrogen-bond donors (Lipinski definition) is 1. The van der Waals surface area contributed by atoms with Crippen molar-refractivity contribution in [2.24, 2.45) is 29.6 Å². The fourth-order valence-electron chi connectivity index (χ4n) is 4.11. The van der Waals surface area contributed by atoms with Crippen LogP contribution in [0.3, 0.4) is 0 Å². The second-order valence-electron chi connectivity index (χ2n) is 8.30. The van der Waals surface area contributed by atoms with E-state index >= 15 is 0 Å². The zero-order chi connectivity index (χ0) is 19.6. The van der Waals surface area contributed by atoms with Gasteiger partial charge in [0.2, 0.25) is 0 Å². The van der Waals surface area contributed by atoms with E-state index in [0.29, 0.717) is 6.61 Å². The van der Waals surface area contributed by atoms with Crippen molar-refractivity contribution in [1.82, 2.24) is 0 Å². The lowest BCUT2D eigenvalue weighted by atomic mass is 9.57. The summed E-state index contributed by atoms with van der Waals surface area (Å²) in [6.07, 6.45) is 6.40. The molecule has 2 aliphatic rings. The van der Waals surface area contributed by atoms with E-state index in [4.69, 9.17) is 9.47 Å². The van der Waals surface area contributed by atoms with Gasteiger partial charge in [-0.1, -0.05) is 33.8 Å². The molecule has 0 heterocycles. The summed E-state index contributed by atoms with van der Waals surface area (Å²) in [6, 6.07) is 0. The van der Waals surface area contributed by atoms with Crippen LogP contribution in [-0.2, 0) is 19.1 Å². The topological polar surface area (TPSA) is 72.8 Å². The number of hydrogen-bond acceptors (Lipinski definition) is 5. The van der Waals surface area contributed by atoms with Crippen LogP contribution in [0.4, 0.5) is 0 Å². The maximum absolute atomic E-state index is 11.8. The lowest BCUT2D eigenvalue weighted by molar-refractivity contribution is -0.152. The maximum Gasteiger partial charge on any atom is 0.308 e. The molecule has 2 radical (unpaired) electrons. The predicted molar refractivity (Wildman–Crippen MR) is 97.8 cm³/mol. The average Bonchev–Trinajstić information content (AvgIpc) is 2.54. The molecule has 0 spiro atoms. The molecule has 0 aromatic carbocycles. The van der Waals surface area contributed by atoms with Crippen molar-refractivity contribution in [2.75, 3.05) is 6.61 Å². The summed E-state index contributed by atoms with van der Waals surface area (Å²) < 4.78 is 10.7. The molecule has 0 aromatic heterocycles. The summed E-state index contributed by atoms with van der Waals surface area (Å²) in [5, 5.41) is 11.4. The molecular weight excluding hydrogens is 332 g/mol. The Balaban J connectivity index is 2.19. The quantitative estimate of drug-likeness (QED) is 0.599. The van der Waals surface area contributed by atoms with Gasteiger partial charge in [0.1, 0.15) is 6.10 Å². The standard InChI is InChI=1S/C21H32O5/c1-12(2)20(23)25-11-14(4)17-8-7-15(5)21(24)10-19(26-16(6)22)13(3)9-18(17)21/h9,12,14-15,17-19,24H,7-8,11H2,1-6H3/t14-,15-,17-,18-,19-,21-/m1/s1. The van der Waals surface area contributed by atoms with Gasteiger partial charge in [0.15, 0.2) is 0 Å². The van der Waals surface area contributed by atoms with Gasteiger partial charge >= 0.3 is 11.9 Å². The molecule has 26 heavy (non-hydrogen) atoms. The molecule has 0 saturated heterocycles. The molecule has 0 aliphatic heterocycles. The minimum absolute atomic E-state index is 0.0246. The maximum atomic E-state index is 11.8. The van der Waals surface area contributed by atoms with Crippen molar-refractivity contribution in [3.05, 3.63) is 18.1 Å². The molecule has 0 aromatic rings. The average molecular weight is 364 g/mol. The highest BCUT2D eigenvalue weighted by Gasteiger charge is 2.53. The smallest absolute Gasteiger partial charge is 0.308 e. The van der Waals surface area contributed by atoms with Gasteiger partial charge in [0, 0.05) is 12.8 Å². The minimum Gasteiger partial charge on any atom is -0.465 e. The van der Waals surface area contributed by atoms with E-state index in [1.54, 1.807) is 0 Å². The first kappa shape index (κ1) is 20.9. The summed E-state index contributed by atoms with van der Waals surface area (Å²) in [5.41, 5.74) is -0.251. The van der Waals surface area contributed by atoms with Gasteiger partial charge in [0.05, 0.1) is 24.5 Å². The second kappa shape index (κ2) is 8.12. The van der Waals surface area contributed by atoms with E-state index < -0.39 is 11.7 Å². The van der Waals surface area contributed by atoms with Crippen LogP contribution in [0.25, 0.3) is 0 Å². The van der Waals surface area contributed by atoms with Gasteiger partial charge in [-0.3, -0.25) is 9.59 Å². The van der Waals surface area contributed by atoms with Crippen LogP contribution in [-0.4, -0.2) is 35.4 Å². The fraction of sp³-hybridized carbons (Fsp3) is 0.762. The number of rotatable bonds is 5.